The van der Waals surface area contributed by atoms with Crippen molar-refractivity contribution in [1.29, 1.82) is 0 Å². The molecular formula is C14H20N6O2. The van der Waals surface area contributed by atoms with Crippen molar-refractivity contribution in [3.63, 3.8) is 0 Å². The lowest BCUT2D eigenvalue weighted by Gasteiger charge is -2.17. The van der Waals surface area contributed by atoms with Crippen molar-refractivity contribution in [2.75, 3.05) is 0 Å². The number of carbonyl (C=O) groups is 2. The third-order valence-electron chi connectivity index (χ3n) is 4.04. The molecule has 2 N–H and O–H groups in total. The number of fused-ring (bicyclic) bond motifs is 1. The van der Waals surface area contributed by atoms with Gasteiger partial charge in [0.25, 0.3) is 5.91 Å². The Morgan fingerprint density at radius 2 is 2.09 bits per heavy atom. The van der Waals surface area contributed by atoms with E-state index in [9.17, 15) is 9.59 Å². The Kier molecular flexibility index (Phi) is 4.17. The van der Waals surface area contributed by atoms with E-state index >= 15 is 0 Å². The number of aryl methyl sites for hydroxylation is 1. The number of nitrogens with one attached hydrogen (secondary N) is 2. The molecule has 1 aromatic heterocycles. The van der Waals surface area contributed by atoms with E-state index in [0.717, 1.165) is 37.5 Å². The number of amides is 2. The molecular weight excluding hydrogens is 284 g/mol. The van der Waals surface area contributed by atoms with E-state index in [1.165, 1.54) is 6.42 Å². The van der Waals surface area contributed by atoms with E-state index < -0.39 is 0 Å². The van der Waals surface area contributed by atoms with Gasteiger partial charge in [0.05, 0.1) is 6.04 Å². The fraction of sp³-hybridized carbons (Fsp3) is 0.643. The molecule has 0 saturated heterocycles. The van der Waals surface area contributed by atoms with E-state index in [1.807, 2.05) is 6.92 Å². The molecule has 2 aliphatic rings. The van der Waals surface area contributed by atoms with Crippen LogP contribution in [0.2, 0.25) is 0 Å². The Morgan fingerprint density at radius 1 is 1.23 bits per heavy atom. The molecule has 1 atom stereocenters. The number of hydrazone groups is 1. The average molecular weight is 304 g/mol. The molecule has 3 rings (SSSR count). The largest absolute Gasteiger partial charge is 0.341 e. The molecule has 2 aliphatic heterocycles. The van der Waals surface area contributed by atoms with Crippen LogP contribution in [0.5, 0.6) is 0 Å². The number of nitrogens with zero attached hydrogens (tertiary/aromatic N) is 4. The molecule has 22 heavy (non-hydrogen) atoms. The van der Waals surface area contributed by atoms with Crippen molar-refractivity contribution in [2.24, 2.45) is 5.10 Å². The summed E-state index contributed by atoms with van der Waals surface area (Å²) in [5, 5.41) is 15.2. The molecule has 0 spiro atoms. The van der Waals surface area contributed by atoms with Crippen molar-refractivity contribution in [2.45, 2.75) is 58.0 Å². The Bertz CT molecular complexity index is 621. The number of hydrogen-bond acceptors (Lipinski definition) is 5. The second-order valence-electron chi connectivity index (χ2n) is 5.73. The minimum Gasteiger partial charge on any atom is -0.341 e. The fourth-order valence-corrected chi connectivity index (χ4v) is 2.81. The lowest BCUT2D eigenvalue weighted by molar-refractivity contribution is -0.121. The van der Waals surface area contributed by atoms with Gasteiger partial charge < -0.3 is 9.88 Å². The first kappa shape index (κ1) is 14.7. The maximum absolute atomic E-state index is 12.2. The summed E-state index contributed by atoms with van der Waals surface area (Å²) in [5.74, 6) is 1.35. The summed E-state index contributed by atoms with van der Waals surface area (Å²) in [5.41, 5.74) is 2.68. The number of aromatic nitrogens is 3. The van der Waals surface area contributed by atoms with Crippen LogP contribution in [0.4, 0.5) is 0 Å². The average Bonchev–Trinajstić information content (AvgIpc) is 2.77. The molecule has 3 heterocycles. The van der Waals surface area contributed by atoms with Crippen LogP contribution in [0.1, 0.15) is 56.7 Å². The van der Waals surface area contributed by atoms with Crippen molar-refractivity contribution < 1.29 is 9.59 Å². The molecule has 0 saturated carbocycles. The standard InChI is InChI=1S/C14H20N6O2/c1-9(15-14(22)10-6-7-12(21)18-16-10)13-19-17-11-5-3-2-4-8-20(11)13/h9H,2-8H2,1H3,(H,15,22)(H,18,21)/t9-/m0/s1. The van der Waals surface area contributed by atoms with Crippen molar-refractivity contribution >= 4 is 17.5 Å². The fourth-order valence-electron chi connectivity index (χ4n) is 2.81. The van der Waals surface area contributed by atoms with Gasteiger partial charge in [-0.05, 0) is 19.8 Å². The molecule has 0 radical (unpaired) electrons. The quantitative estimate of drug-likeness (QED) is 0.846. The van der Waals surface area contributed by atoms with Gasteiger partial charge in [0.1, 0.15) is 11.5 Å². The third kappa shape index (κ3) is 3.00. The number of carbonyl (C=O) groups excluding carboxylic acids is 2. The van der Waals surface area contributed by atoms with Gasteiger partial charge in [0, 0.05) is 25.8 Å². The molecule has 0 bridgehead atoms. The summed E-state index contributed by atoms with van der Waals surface area (Å²) in [6.45, 7) is 2.79. The SMILES string of the molecule is C[C@H](NC(=O)C1=NNC(=O)CC1)c1nnc2n1CCCCC2. The van der Waals surface area contributed by atoms with Gasteiger partial charge in [0.2, 0.25) is 5.91 Å². The highest BCUT2D eigenvalue weighted by Crippen LogP contribution is 2.18. The summed E-state index contributed by atoms with van der Waals surface area (Å²) >= 11 is 0. The zero-order valence-electron chi connectivity index (χ0n) is 12.6. The first-order chi connectivity index (χ1) is 10.6. The van der Waals surface area contributed by atoms with Gasteiger partial charge >= 0.3 is 0 Å². The van der Waals surface area contributed by atoms with Crippen molar-refractivity contribution in [3.8, 4) is 0 Å². The van der Waals surface area contributed by atoms with Crippen LogP contribution in [0.25, 0.3) is 0 Å². The Labute approximate surface area is 128 Å². The summed E-state index contributed by atoms with van der Waals surface area (Å²) in [6.07, 6.45) is 5.03. The van der Waals surface area contributed by atoms with Crippen LogP contribution in [-0.2, 0) is 22.6 Å². The molecule has 118 valence electrons. The topological polar surface area (TPSA) is 101 Å². The first-order valence-corrected chi connectivity index (χ1v) is 7.73. The van der Waals surface area contributed by atoms with Crippen molar-refractivity contribution in [3.05, 3.63) is 11.6 Å². The number of hydrogen-bond donors (Lipinski definition) is 2. The molecule has 0 aliphatic carbocycles. The first-order valence-electron chi connectivity index (χ1n) is 7.73. The normalized spacial score (nSPS) is 19.5. The van der Waals surface area contributed by atoms with E-state index in [1.54, 1.807) is 0 Å². The van der Waals surface area contributed by atoms with Gasteiger partial charge in [-0.1, -0.05) is 6.42 Å². The van der Waals surface area contributed by atoms with Crippen LogP contribution in [0.15, 0.2) is 5.10 Å². The summed E-state index contributed by atoms with van der Waals surface area (Å²) in [4.78, 5) is 23.3. The van der Waals surface area contributed by atoms with Gasteiger partial charge in [-0.15, -0.1) is 10.2 Å². The molecule has 8 nitrogen and oxygen atoms in total. The Balaban J connectivity index is 1.69. The Morgan fingerprint density at radius 3 is 2.86 bits per heavy atom. The minimum atomic E-state index is -0.265. The lowest BCUT2D eigenvalue weighted by Crippen LogP contribution is -2.38. The van der Waals surface area contributed by atoms with Crippen LogP contribution in [-0.4, -0.2) is 32.3 Å². The highest BCUT2D eigenvalue weighted by atomic mass is 16.2. The zero-order chi connectivity index (χ0) is 15.5. The summed E-state index contributed by atoms with van der Waals surface area (Å²) in [6, 6.07) is -0.243. The Hall–Kier alpha value is -2.25. The predicted octanol–water partition coefficient (Wildman–Crippen LogP) is 0.448. The second-order valence-corrected chi connectivity index (χ2v) is 5.73. The molecule has 0 aromatic carbocycles. The second kappa shape index (κ2) is 6.25. The van der Waals surface area contributed by atoms with Gasteiger partial charge in [-0.3, -0.25) is 9.59 Å². The van der Waals surface area contributed by atoms with Crippen LogP contribution in [0, 0.1) is 0 Å². The smallest absolute Gasteiger partial charge is 0.268 e. The van der Waals surface area contributed by atoms with E-state index in [0.29, 0.717) is 18.6 Å². The van der Waals surface area contributed by atoms with E-state index in [2.05, 4.69) is 30.6 Å². The van der Waals surface area contributed by atoms with E-state index in [4.69, 9.17) is 0 Å². The highest BCUT2D eigenvalue weighted by Gasteiger charge is 2.24. The maximum Gasteiger partial charge on any atom is 0.268 e. The van der Waals surface area contributed by atoms with Crippen LogP contribution >= 0.6 is 0 Å². The van der Waals surface area contributed by atoms with Crippen molar-refractivity contribution in [1.82, 2.24) is 25.5 Å². The van der Waals surface area contributed by atoms with E-state index in [-0.39, 0.29) is 17.9 Å². The maximum atomic E-state index is 12.2. The van der Waals surface area contributed by atoms with Gasteiger partial charge in [-0.25, -0.2) is 5.43 Å². The van der Waals surface area contributed by atoms with Gasteiger partial charge in [0.15, 0.2) is 5.82 Å². The molecule has 2 amide bonds. The summed E-state index contributed by atoms with van der Waals surface area (Å²) in [7, 11) is 0. The lowest BCUT2D eigenvalue weighted by atomic mass is 10.1. The van der Waals surface area contributed by atoms with Crippen LogP contribution in [0.3, 0.4) is 0 Å². The van der Waals surface area contributed by atoms with Crippen LogP contribution < -0.4 is 10.7 Å². The molecule has 0 unspecified atom stereocenters. The minimum absolute atomic E-state index is 0.160. The number of rotatable bonds is 3. The third-order valence-corrected chi connectivity index (χ3v) is 4.04. The van der Waals surface area contributed by atoms with Gasteiger partial charge in [-0.2, -0.15) is 5.10 Å². The molecule has 1 aromatic rings. The zero-order valence-corrected chi connectivity index (χ0v) is 12.6. The monoisotopic (exact) mass is 304 g/mol. The molecule has 8 heteroatoms. The highest BCUT2D eigenvalue weighted by molar-refractivity contribution is 6.39. The summed E-state index contributed by atoms with van der Waals surface area (Å²) < 4.78 is 2.11. The molecule has 0 fully saturated rings. The predicted molar refractivity (Wildman–Crippen MR) is 78.9 cm³/mol.